The molecule has 0 bridgehead atoms. The van der Waals surface area contributed by atoms with E-state index in [0.717, 1.165) is 29.6 Å². The lowest BCUT2D eigenvalue weighted by molar-refractivity contribution is 0.443. The maximum atomic E-state index is 13.2. The topological polar surface area (TPSA) is 39.2 Å². The van der Waals surface area contributed by atoms with Crippen LogP contribution < -0.4 is 5.73 Å². The van der Waals surface area contributed by atoms with E-state index in [9.17, 15) is 4.39 Å². The van der Waals surface area contributed by atoms with Crippen molar-refractivity contribution in [2.45, 2.75) is 46.1 Å². The Morgan fingerprint density at radius 3 is 2.68 bits per heavy atom. The molecule has 0 fully saturated rings. The maximum absolute atomic E-state index is 13.2. The number of halogens is 1. The molecule has 0 spiro atoms. The predicted molar refractivity (Wildman–Crippen MR) is 76.5 cm³/mol. The van der Waals surface area contributed by atoms with Gasteiger partial charge in [0.1, 0.15) is 17.2 Å². The zero-order chi connectivity index (χ0) is 14.0. The SMILES string of the molecule is Cc1c(C(N)CCCC(C)C)oc2ccc(F)cc12. The van der Waals surface area contributed by atoms with E-state index in [4.69, 9.17) is 10.2 Å². The van der Waals surface area contributed by atoms with Gasteiger partial charge in [0.2, 0.25) is 0 Å². The third-order valence-electron chi connectivity index (χ3n) is 3.57. The van der Waals surface area contributed by atoms with Gasteiger partial charge < -0.3 is 10.2 Å². The lowest BCUT2D eigenvalue weighted by Gasteiger charge is -2.11. The Hall–Kier alpha value is -1.35. The van der Waals surface area contributed by atoms with Crippen LogP contribution in [0.1, 0.15) is 50.5 Å². The average molecular weight is 263 g/mol. The summed E-state index contributed by atoms with van der Waals surface area (Å²) in [6.07, 6.45) is 3.16. The zero-order valence-corrected chi connectivity index (χ0v) is 11.9. The third kappa shape index (κ3) is 3.16. The van der Waals surface area contributed by atoms with Crippen LogP contribution in [0.3, 0.4) is 0 Å². The molecule has 2 N–H and O–H groups in total. The first kappa shape index (κ1) is 14.1. The van der Waals surface area contributed by atoms with Crippen LogP contribution in [0.4, 0.5) is 4.39 Å². The van der Waals surface area contributed by atoms with Gasteiger partial charge in [-0.15, -0.1) is 0 Å². The van der Waals surface area contributed by atoms with Crippen LogP contribution >= 0.6 is 0 Å². The van der Waals surface area contributed by atoms with Crippen molar-refractivity contribution in [2.75, 3.05) is 0 Å². The number of fused-ring (bicyclic) bond motifs is 1. The van der Waals surface area contributed by atoms with Crippen LogP contribution in [0.25, 0.3) is 11.0 Å². The summed E-state index contributed by atoms with van der Waals surface area (Å²) in [7, 11) is 0. The Kier molecular flexibility index (Phi) is 4.25. The molecule has 1 heterocycles. The van der Waals surface area contributed by atoms with Crippen molar-refractivity contribution < 1.29 is 8.81 Å². The molecule has 0 saturated heterocycles. The van der Waals surface area contributed by atoms with Gasteiger partial charge in [-0.1, -0.05) is 26.7 Å². The minimum atomic E-state index is -0.240. The molecule has 0 radical (unpaired) electrons. The second-order valence-electron chi connectivity index (χ2n) is 5.66. The van der Waals surface area contributed by atoms with Gasteiger partial charge in [0, 0.05) is 10.9 Å². The number of nitrogens with two attached hydrogens (primary N) is 1. The molecule has 0 saturated carbocycles. The fourth-order valence-electron chi connectivity index (χ4n) is 2.44. The van der Waals surface area contributed by atoms with E-state index < -0.39 is 0 Å². The molecule has 0 amide bonds. The summed E-state index contributed by atoms with van der Waals surface area (Å²) in [6, 6.07) is 4.49. The maximum Gasteiger partial charge on any atom is 0.134 e. The van der Waals surface area contributed by atoms with E-state index in [0.29, 0.717) is 11.5 Å². The third-order valence-corrected chi connectivity index (χ3v) is 3.57. The summed E-state index contributed by atoms with van der Waals surface area (Å²) in [5, 5.41) is 0.828. The fraction of sp³-hybridized carbons (Fsp3) is 0.500. The van der Waals surface area contributed by atoms with Crippen molar-refractivity contribution in [3.63, 3.8) is 0 Å². The van der Waals surface area contributed by atoms with Gasteiger partial charge in [0.25, 0.3) is 0 Å². The van der Waals surface area contributed by atoms with Gasteiger partial charge in [0.15, 0.2) is 0 Å². The summed E-state index contributed by atoms with van der Waals surface area (Å²) in [5.74, 6) is 1.25. The number of aryl methyl sites for hydroxylation is 1. The molecule has 2 nitrogen and oxygen atoms in total. The van der Waals surface area contributed by atoms with Crippen molar-refractivity contribution in [1.82, 2.24) is 0 Å². The summed E-state index contributed by atoms with van der Waals surface area (Å²) < 4.78 is 19.0. The standard InChI is InChI=1S/C16H22FNO/c1-10(2)5-4-6-14(18)16-11(3)13-9-12(17)7-8-15(13)19-16/h7-10,14H,4-6,18H2,1-3H3. The van der Waals surface area contributed by atoms with Gasteiger partial charge in [-0.05, 0) is 37.5 Å². The van der Waals surface area contributed by atoms with E-state index in [2.05, 4.69) is 13.8 Å². The molecule has 19 heavy (non-hydrogen) atoms. The van der Waals surface area contributed by atoms with Gasteiger partial charge >= 0.3 is 0 Å². The van der Waals surface area contributed by atoms with Crippen molar-refractivity contribution in [1.29, 1.82) is 0 Å². The molecule has 1 atom stereocenters. The highest BCUT2D eigenvalue weighted by Gasteiger charge is 2.17. The van der Waals surface area contributed by atoms with Crippen LogP contribution in [0.5, 0.6) is 0 Å². The van der Waals surface area contributed by atoms with E-state index in [1.807, 2.05) is 6.92 Å². The van der Waals surface area contributed by atoms with Crippen molar-refractivity contribution in [3.8, 4) is 0 Å². The van der Waals surface area contributed by atoms with Crippen LogP contribution in [0, 0.1) is 18.7 Å². The van der Waals surface area contributed by atoms with Gasteiger partial charge in [-0.25, -0.2) is 4.39 Å². The number of furan rings is 1. The summed E-state index contributed by atoms with van der Waals surface area (Å²) in [6.45, 7) is 6.37. The Bertz CT molecular complexity index is 559. The van der Waals surface area contributed by atoms with Crippen LogP contribution in [0.2, 0.25) is 0 Å². The Balaban J connectivity index is 2.18. The minimum Gasteiger partial charge on any atom is -0.459 e. The van der Waals surface area contributed by atoms with E-state index in [1.165, 1.54) is 18.6 Å². The molecule has 104 valence electrons. The van der Waals surface area contributed by atoms with E-state index in [1.54, 1.807) is 6.07 Å². The Labute approximate surface area is 113 Å². The van der Waals surface area contributed by atoms with Crippen molar-refractivity contribution in [2.24, 2.45) is 11.7 Å². The van der Waals surface area contributed by atoms with Crippen molar-refractivity contribution in [3.05, 3.63) is 35.3 Å². The number of rotatable bonds is 5. The largest absolute Gasteiger partial charge is 0.459 e. The monoisotopic (exact) mass is 263 g/mol. The molecule has 0 aliphatic carbocycles. The summed E-state index contributed by atoms with van der Waals surface area (Å²) >= 11 is 0. The van der Waals surface area contributed by atoms with Crippen LogP contribution in [0.15, 0.2) is 22.6 Å². The second-order valence-corrected chi connectivity index (χ2v) is 5.66. The van der Waals surface area contributed by atoms with Crippen LogP contribution in [-0.2, 0) is 0 Å². The van der Waals surface area contributed by atoms with Crippen molar-refractivity contribution >= 4 is 11.0 Å². The molecule has 1 unspecified atom stereocenters. The molecule has 3 heteroatoms. The molecule has 1 aromatic carbocycles. The van der Waals surface area contributed by atoms with Crippen LogP contribution in [-0.4, -0.2) is 0 Å². The Morgan fingerprint density at radius 1 is 1.26 bits per heavy atom. The normalized spacial score (nSPS) is 13.4. The van der Waals surface area contributed by atoms with Gasteiger partial charge in [0.05, 0.1) is 6.04 Å². The highest BCUT2D eigenvalue weighted by Crippen LogP contribution is 2.31. The fourth-order valence-corrected chi connectivity index (χ4v) is 2.44. The quantitative estimate of drug-likeness (QED) is 0.848. The first-order valence-electron chi connectivity index (χ1n) is 6.93. The lowest BCUT2D eigenvalue weighted by atomic mass is 10.0. The average Bonchev–Trinajstić information content (AvgIpc) is 2.66. The van der Waals surface area contributed by atoms with Gasteiger partial charge in [-0.3, -0.25) is 0 Å². The van der Waals surface area contributed by atoms with E-state index in [-0.39, 0.29) is 11.9 Å². The second kappa shape index (κ2) is 5.74. The highest BCUT2D eigenvalue weighted by atomic mass is 19.1. The smallest absolute Gasteiger partial charge is 0.134 e. The minimum absolute atomic E-state index is 0.103. The number of hydrogen-bond acceptors (Lipinski definition) is 2. The highest BCUT2D eigenvalue weighted by molar-refractivity contribution is 5.82. The van der Waals surface area contributed by atoms with E-state index >= 15 is 0 Å². The zero-order valence-electron chi connectivity index (χ0n) is 11.9. The van der Waals surface area contributed by atoms with Gasteiger partial charge in [-0.2, -0.15) is 0 Å². The summed E-state index contributed by atoms with van der Waals surface area (Å²) in [5.41, 5.74) is 7.88. The molecule has 2 rings (SSSR count). The lowest BCUT2D eigenvalue weighted by Crippen LogP contribution is -2.10. The number of benzene rings is 1. The molecule has 2 aromatic rings. The first-order valence-corrected chi connectivity index (χ1v) is 6.93. The molecular formula is C16H22FNO. The predicted octanol–water partition coefficient (Wildman–Crippen LogP) is 4.71. The summed E-state index contributed by atoms with van der Waals surface area (Å²) in [4.78, 5) is 0. The molecule has 0 aliphatic heterocycles. The molecule has 1 aromatic heterocycles. The first-order chi connectivity index (χ1) is 8.99. The Morgan fingerprint density at radius 2 is 2.00 bits per heavy atom. The molecular weight excluding hydrogens is 241 g/mol. The molecule has 0 aliphatic rings. The number of hydrogen-bond donors (Lipinski definition) is 1.